The van der Waals surface area contributed by atoms with Crippen LogP contribution in [0.4, 0.5) is 0 Å². The summed E-state index contributed by atoms with van der Waals surface area (Å²) in [5.41, 5.74) is 0. The van der Waals surface area contributed by atoms with E-state index in [0.29, 0.717) is 18.1 Å². The summed E-state index contributed by atoms with van der Waals surface area (Å²) in [6, 6.07) is 4.98. The van der Waals surface area contributed by atoms with Gasteiger partial charge in [-0.2, -0.15) is 0 Å². The first-order valence-corrected chi connectivity index (χ1v) is 11.9. The van der Waals surface area contributed by atoms with Gasteiger partial charge in [-0.3, -0.25) is 9.89 Å². The third-order valence-corrected chi connectivity index (χ3v) is 7.11. The number of nitrogens with one attached hydrogen (secondary N) is 1. The molecule has 0 saturated carbocycles. The van der Waals surface area contributed by atoms with Crippen LogP contribution < -0.4 is 5.32 Å². The SMILES string of the molecule is CN=C(NCC1CCCN(C)C1c1cccs1)N1CCC(OCCCOC)CC1.I. The maximum atomic E-state index is 6.00. The fourth-order valence-electron chi connectivity index (χ4n) is 4.62. The Morgan fingerprint density at radius 1 is 1.23 bits per heavy atom. The molecule has 0 spiro atoms. The molecule has 30 heavy (non-hydrogen) atoms. The number of nitrogens with zero attached hydrogens (tertiary/aromatic N) is 3. The number of guanidine groups is 1. The number of halogens is 1. The number of rotatable bonds is 8. The van der Waals surface area contributed by atoms with Crippen molar-refractivity contribution in [1.29, 1.82) is 0 Å². The van der Waals surface area contributed by atoms with Gasteiger partial charge in [0.2, 0.25) is 0 Å². The van der Waals surface area contributed by atoms with E-state index in [4.69, 9.17) is 9.47 Å². The van der Waals surface area contributed by atoms with Gasteiger partial charge >= 0.3 is 0 Å². The number of ether oxygens (including phenoxy) is 2. The van der Waals surface area contributed by atoms with Gasteiger partial charge < -0.3 is 19.7 Å². The maximum absolute atomic E-state index is 6.00. The topological polar surface area (TPSA) is 49.3 Å². The predicted octanol–water partition coefficient (Wildman–Crippen LogP) is 3.84. The number of hydrogen-bond donors (Lipinski definition) is 1. The first kappa shape index (κ1) is 25.8. The van der Waals surface area contributed by atoms with Gasteiger partial charge in [0, 0.05) is 57.9 Å². The average Bonchev–Trinajstić information content (AvgIpc) is 3.27. The van der Waals surface area contributed by atoms with Gasteiger partial charge in [0.1, 0.15) is 0 Å². The summed E-state index contributed by atoms with van der Waals surface area (Å²) in [5.74, 6) is 1.66. The maximum Gasteiger partial charge on any atom is 0.193 e. The zero-order chi connectivity index (χ0) is 20.5. The molecule has 2 unspecified atom stereocenters. The van der Waals surface area contributed by atoms with E-state index in [2.05, 4.69) is 44.7 Å². The molecule has 2 aliphatic heterocycles. The smallest absolute Gasteiger partial charge is 0.193 e. The molecule has 0 bridgehead atoms. The molecule has 8 heteroatoms. The third-order valence-electron chi connectivity index (χ3n) is 6.16. The molecule has 1 aromatic rings. The summed E-state index contributed by atoms with van der Waals surface area (Å²) in [6.45, 7) is 5.75. The van der Waals surface area contributed by atoms with Crippen molar-refractivity contribution in [3.05, 3.63) is 22.4 Å². The van der Waals surface area contributed by atoms with Crippen LogP contribution in [-0.4, -0.2) is 82.5 Å². The Balaban J connectivity index is 0.00000320. The highest BCUT2D eigenvalue weighted by Crippen LogP contribution is 2.36. The minimum atomic E-state index is 0. The van der Waals surface area contributed by atoms with Crippen LogP contribution in [0.5, 0.6) is 0 Å². The molecule has 0 radical (unpaired) electrons. The average molecular weight is 551 g/mol. The molecule has 172 valence electrons. The van der Waals surface area contributed by atoms with Crippen LogP contribution in [-0.2, 0) is 9.47 Å². The van der Waals surface area contributed by atoms with Crippen LogP contribution in [0.15, 0.2) is 22.5 Å². The Morgan fingerprint density at radius 2 is 2.03 bits per heavy atom. The summed E-state index contributed by atoms with van der Waals surface area (Å²) >= 11 is 1.88. The monoisotopic (exact) mass is 550 g/mol. The number of piperidine rings is 2. The zero-order valence-corrected chi connectivity index (χ0v) is 21.9. The van der Waals surface area contributed by atoms with E-state index < -0.39 is 0 Å². The van der Waals surface area contributed by atoms with E-state index in [1.54, 1.807) is 7.11 Å². The number of aliphatic imine (C=N–C) groups is 1. The Kier molecular flexibility index (Phi) is 12.0. The summed E-state index contributed by atoms with van der Waals surface area (Å²) in [6.07, 6.45) is 6.02. The molecule has 0 aliphatic carbocycles. The Morgan fingerprint density at radius 3 is 2.70 bits per heavy atom. The van der Waals surface area contributed by atoms with Gasteiger partial charge in [0.05, 0.1) is 6.10 Å². The standard InChI is InChI=1S/C22H38N4O2S.HI/c1-23-22(26-12-9-19(10-13-26)28-15-6-14-27-3)24-17-18-7-4-11-25(2)21(18)20-8-5-16-29-20;/h5,8,16,18-19,21H,4,6-7,9-15,17H2,1-3H3,(H,23,24);1H. The minimum Gasteiger partial charge on any atom is -0.385 e. The zero-order valence-electron chi connectivity index (χ0n) is 18.7. The highest BCUT2D eigenvalue weighted by atomic mass is 127. The molecule has 2 aliphatic rings. The Bertz CT molecular complexity index is 608. The lowest BCUT2D eigenvalue weighted by Crippen LogP contribution is -2.49. The number of thiophene rings is 1. The van der Waals surface area contributed by atoms with Crippen LogP contribution in [0, 0.1) is 5.92 Å². The lowest BCUT2D eigenvalue weighted by Gasteiger charge is -2.40. The second-order valence-electron chi connectivity index (χ2n) is 8.17. The molecule has 0 aromatic carbocycles. The molecule has 1 aromatic heterocycles. The van der Waals surface area contributed by atoms with Gasteiger partial charge in [0.25, 0.3) is 0 Å². The quantitative estimate of drug-likeness (QED) is 0.231. The van der Waals surface area contributed by atoms with Gasteiger partial charge in [-0.25, -0.2) is 0 Å². The highest BCUT2D eigenvalue weighted by Gasteiger charge is 2.31. The summed E-state index contributed by atoms with van der Waals surface area (Å²) in [7, 11) is 5.91. The van der Waals surface area contributed by atoms with Crippen molar-refractivity contribution in [3.8, 4) is 0 Å². The van der Waals surface area contributed by atoms with Crippen molar-refractivity contribution < 1.29 is 9.47 Å². The second kappa shape index (κ2) is 13.9. The van der Waals surface area contributed by atoms with Crippen molar-refractivity contribution in [2.45, 2.75) is 44.2 Å². The van der Waals surface area contributed by atoms with E-state index in [9.17, 15) is 0 Å². The summed E-state index contributed by atoms with van der Waals surface area (Å²) in [5, 5.41) is 5.89. The van der Waals surface area contributed by atoms with Crippen LogP contribution in [0.2, 0.25) is 0 Å². The van der Waals surface area contributed by atoms with Crippen molar-refractivity contribution in [3.63, 3.8) is 0 Å². The third kappa shape index (κ3) is 7.32. The van der Waals surface area contributed by atoms with Crippen LogP contribution >= 0.6 is 35.3 Å². The van der Waals surface area contributed by atoms with Gasteiger partial charge in [-0.15, -0.1) is 35.3 Å². The Hall–Kier alpha value is -0.420. The molecule has 3 heterocycles. The van der Waals surface area contributed by atoms with E-state index in [0.717, 1.165) is 58.1 Å². The lowest BCUT2D eigenvalue weighted by molar-refractivity contribution is 0.00981. The second-order valence-corrected chi connectivity index (χ2v) is 9.15. The van der Waals surface area contributed by atoms with Crippen LogP contribution in [0.25, 0.3) is 0 Å². The van der Waals surface area contributed by atoms with E-state index >= 15 is 0 Å². The number of likely N-dealkylation sites (tertiary alicyclic amines) is 2. The molecule has 2 fully saturated rings. The molecule has 2 atom stereocenters. The van der Waals surface area contributed by atoms with E-state index in [1.165, 1.54) is 24.3 Å². The molecule has 1 N–H and O–H groups in total. The minimum absolute atomic E-state index is 0. The number of methoxy groups -OCH3 is 1. The predicted molar refractivity (Wildman–Crippen MR) is 136 cm³/mol. The van der Waals surface area contributed by atoms with Crippen LogP contribution in [0.3, 0.4) is 0 Å². The van der Waals surface area contributed by atoms with Crippen molar-refractivity contribution >= 4 is 41.3 Å². The van der Waals surface area contributed by atoms with Crippen molar-refractivity contribution in [1.82, 2.24) is 15.1 Å². The highest BCUT2D eigenvalue weighted by molar-refractivity contribution is 14.0. The molecular weight excluding hydrogens is 511 g/mol. The number of hydrogen-bond acceptors (Lipinski definition) is 5. The molecule has 6 nitrogen and oxygen atoms in total. The Labute approximate surface area is 203 Å². The van der Waals surface area contributed by atoms with Gasteiger partial charge in [-0.05, 0) is 63.1 Å². The first-order chi connectivity index (χ1) is 14.2. The fourth-order valence-corrected chi connectivity index (χ4v) is 5.61. The first-order valence-electron chi connectivity index (χ1n) is 11.0. The summed E-state index contributed by atoms with van der Waals surface area (Å²) in [4.78, 5) is 11.0. The summed E-state index contributed by atoms with van der Waals surface area (Å²) < 4.78 is 11.1. The molecular formula is C22H39IN4O2S. The van der Waals surface area contributed by atoms with Crippen molar-refractivity contribution in [2.24, 2.45) is 10.9 Å². The van der Waals surface area contributed by atoms with E-state index in [-0.39, 0.29) is 24.0 Å². The van der Waals surface area contributed by atoms with Crippen LogP contribution in [0.1, 0.15) is 43.0 Å². The van der Waals surface area contributed by atoms with E-state index in [1.807, 2.05) is 18.4 Å². The largest absolute Gasteiger partial charge is 0.385 e. The normalized spacial score (nSPS) is 24.0. The van der Waals surface area contributed by atoms with Gasteiger partial charge in [0.15, 0.2) is 5.96 Å². The molecule has 2 saturated heterocycles. The van der Waals surface area contributed by atoms with Gasteiger partial charge in [-0.1, -0.05) is 6.07 Å². The lowest BCUT2D eigenvalue weighted by atomic mass is 9.88. The molecule has 3 rings (SSSR count). The fraction of sp³-hybridized carbons (Fsp3) is 0.773. The molecule has 0 amide bonds. The van der Waals surface area contributed by atoms with Crippen molar-refractivity contribution in [2.75, 3.05) is 60.6 Å².